The fraction of sp³-hybridized carbons (Fsp3) is 0.381. The van der Waals surface area contributed by atoms with Gasteiger partial charge in [-0.1, -0.05) is 31.5 Å². The van der Waals surface area contributed by atoms with E-state index in [4.69, 9.17) is 16.3 Å². The summed E-state index contributed by atoms with van der Waals surface area (Å²) < 4.78 is 5.85. The Morgan fingerprint density at radius 2 is 1.81 bits per heavy atom. The molecule has 1 amide bonds. The molecule has 0 atom stereocenters. The van der Waals surface area contributed by atoms with E-state index in [1.807, 2.05) is 70.2 Å². The standard InChI is InChI=1S/C21H27ClN2O2/c1-14(2)10-21(25)24-19-7-5-6-18(12-19)23-13-16-11-17(22)8-9-20(16)26-15(3)4/h5-9,11-12,14-15,23H,10,13H2,1-4H3,(H,24,25). The minimum atomic E-state index is 0.0274. The molecule has 0 aromatic heterocycles. The van der Waals surface area contributed by atoms with E-state index in [0.29, 0.717) is 23.9 Å². The maximum atomic E-state index is 11.9. The van der Waals surface area contributed by atoms with E-state index in [1.165, 1.54) is 0 Å². The molecular weight excluding hydrogens is 348 g/mol. The van der Waals surface area contributed by atoms with Gasteiger partial charge < -0.3 is 15.4 Å². The maximum Gasteiger partial charge on any atom is 0.224 e. The maximum absolute atomic E-state index is 11.9. The number of ether oxygens (including phenoxy) is 1. The van der Waals surface area contributed by atoms with Crippen molar-refractivity contribution in [3.8, 4) is 5.75 Å². The number of hydrogen-bond donors (Lipinski definition) is 2. The molecule has 2 aromatic rings. The molecule has 140 valence electrons. The van der Waals surface area contributed by atoms with Crippen LogP contribution < -0.4 is 15.4 Å². The Hall–Kier alpha value is -2.20. The van der Waals surface area contributed by atoms with Gasteiger partial charge >= 0.3 is 0 Å². The van der Waals surface area contributed by atoms with Crippen molar-refractivity contribution in [3.05, 3.63) is 53.1 Å². The normalized spacial score (nSPS) is 10.9. The Morgan fingerprint density at radius 1 is 1.08 bits per heavy atom. The summed E-state index contributed by atoms with van der Waals surface area (Å²) in [5.41, 5.74) is 2.69. The van der Waals surface area contributed by atoms with Gasteiger partial charge in [0.2, 0.25) is 5.91 Å². The summed E-state index contributed by atoms with van der Waals surface area (Å²) in [4.78, 5) is 11.9. The molecule has 0 bridgehead atoms. The lowest BCUT2D eigenvalue weighted by Gasteiger charge is -2.16. The molecule has 0 aliphatic rings. The third kappa shape index (κ3) is 6.60. The Balaban J connectivity index is 2.05. The van der Waals surface area contributed by atoms with Crippen LogP contribution in [0.5, 0.6) is 5.75 Å². The van der Waals surface area contributed by atoms with Crippen LogP contribution in [0.3, 0.4) is 0 Å². The fourth-order valence-corrected chi connectivity index (χ4v) is 2.74. The van der Waals surface area contributed by atoms with Crippen molar-refractivity contribution in [2.75, 3.05) is 10.6 Å². The van der Waals surface area contributed by atoms with Crippen LogP contribution in [0.15, 0.2) is 42.5 Å². The summed E-state index contributed by atoms with van der Waals surface area (Å²) in [7, 11) is 0. The van der Waals surface area contributed by atoms with Crippen molar-refractivity contribution < 1.29 is 9.53 Å². The van der Waals surface area contributed by atoms with E-state index in [-0.39, 0.29) is 12.0 Å². The largest absolute Gasteiger partial charge is 0.491 e. The molecule has 4 nitrogen and oxygen atoms in total. The molecule has 0 aliphatic heterocycles. The molecule has 2 aromatic carbocycles. The average Bonchev–Trinajstić information content (AvgIpc) is 2.54. The number of rotatable bonds is 8. The van der Waals surface area contributed by atoms with Crippen LogP contribution >= 0.6 is 11.6 Å². The van der Waals surface area contributed by atoms with Gasteiger partial charge in [0.15, 0.2) is 0 Å². The number of anilines is 2. The van der Waals surface area contributed by atoms with Gasteiger partial charge in [0.05, 0.1) is 6.10 Å². The molecule has 0 saturated carbocycles. The zero-order valence-electron chi connectivity index (χ0n) is 15.8. The van der Waals surface area contributed by atoms with Crippen molar-refractivity contribution in [1.29, 1.82) is 0 Å². The summed E-state index contributed by atoms with van der Waals surface area (Å²) in [6.07, 6.45) is 0.602. The topological polar surface area (TPSA) is 50.4 Å². The van der Waals surface area contributed by atoms with Gasteiger partial charge in [0.1, 0.15) is 5.75 Å². The molecule has 2 rings (SSSR count). The van der Waals surface area contributed by atoms with Gasteiger partial charge in [-0.25, -0.2) is 0 Å². The lowest BCUT2D eigenvalue weighted by molar-refractivity contribution is -0.116. The SMILES string of the molecule is CC(C)CC(=O)Nc1cccc(NCc2cc(Cl)ccc2OC(C)C)c1. The Kier molecular flexibility index (Phi) is 7.34. The van der Waals surface area contributed by atoms with Crippen LogP contribution in [-0.4, -0.2) is 12.0 Å². The molecule has 0 saturated heterocycles. The molecule has 0 spiro atoms. The molecular formula is C21H27ClN2O2. The zero-order valence-corrected chi connectivity index (χ0v) is 16.6. The van der Waals surface area contributed by atoms with Gasteiger partial charge in [0, 0.05) is 34.9 Å². The molecule has 0 radical (unpaired) electrons. The first-order valence-electron chi connectivity index (χ1n) is 8.92. The molecule has 5 heteroatoms. The summed E-state index contributed by atoms with van der Waals surface area (Å²) in [5.74, 6) is 1.18. The van der Waals surface area contributed by atoms with E-state index >= 15 is 0 Å². The van der Waals surface area contributed by atoms with E-state index in [0.717, 1.165) is 22.7 Å². The quantitative estimate of drug-likeness (QED) is 0.620. The van der Waals surface area contributed by atoms with Crippen LogP contribution in [-0.2, 0) is 11.3 Å². The summed E-state index contributed by atoms with van der Waals surface area (Å²) in [6, 6.07) is 13.3. The van der Waals surface area contributed by atoms with Crippen molar-refractivity contribution >= 4 is 28.9 Å². The van der Waals surface area contributed by atoms with Crippen LogP contribution in [0.2, 0.25) is 5.02 Å². The summed E-state index contributed by atoms with van der Waals surface area (Å²) >= 11 is 6.13. The molecule has 2 N–H and O–H groups in total. The summed E-state index contributed by atoms with van der Waals surface area (Å²) in [6.45, 7) is 8.62. The average molecular weight is 375 g/mol. The molecule has 0 fully saturated rings. The van der Waals surface area contributed by atoms with E-state index < -0.39 is 0 Å². The van der Waals surface area contributed by atoms with Gasteiger partial charge in [-0.2, -0.15) is 0 Å². The van der Waals surface area contributed by atoms with Crippen molar-refractivity contribution in [2.45, 2.75) is 46.8 Å². The lowest BCUT2D eigenvalue weighted by Crippen LogP contribution is -2.14. The van der Waals surface area contributed by atoms with Gasteiger partial charge in [-0.15, -0.1) is 0 Å². The van der Waals surface area contributed by atoms with Crippen molar-refractivity contribution in [3.63, 3.8) is 0 Å². The smallest absolute Gasteiger partial charge is 0.224 e. The molecule has 26 heavy (non-hydrogen) atoms. The second-order valence-corrected chi connectivity index (χ2v) is 7.44. The molecule has 0 heterocycles. The number of amides is 1. The predicted octanol–water partition coefficient (Wildman–Crippen LogP) is 5.72. The van der Waals surface area contributed by atoms with E-state index in [2.05, 4.69) is 10.6 Å². The van der Waals surface area contributed by atoms with Crippen molar-refractivity contribution in [2.24, 2.45) is 5.92 Å². The Labute approximate surface area is 160 Å². The predicted molar refractivity (Wildman–Crippen MR) is 109 cm³/mol. The highest BCUT2D eigenvalue weighted by atomic mass is 35.5. The summed E-state index contributed by atoms with van der Waals surface area (Å²) in [5, 5.41) is 6.97. The van der Waals surface area contributed by atoms with Crippen LogP contribution in [0.4, 0.5) is 11.4 Å². The van der Waals surface area contributed by atoms with Crippen LogP contribution in [0, 0.1) is 5.92 Å². The highest BCUT2D eigenvalue weighted by Crippen LogP contribution is 2.25. The monoisotopic (exact) mass is 374 g/mol. The fourth-order valence-electron chi connectivity index (χ4n) is 2.54. The second kappa shape index (κ2) is 9.48. The zero-order chi connectivity index (χ0) is 19.1. The minimum Gasteiger partial charge on any atom is -0.491 e. The van der Waals surface area contributed by atoms with Gasteiger partial charge in [-0.3, -0.25) is 4.79 Å². The second-order valence-electron chi connectivity index (χ2n) is 7.00. The number of nitrogens with one attached hydrogen (secondary N) is 2. The molecule has 0 unspecified atom stereocenters. The minimum absolute atomic E-state index is 0.0274. The van der Waals surface area contributed by atoms with Gasteiger partial charge in [-0.05, 0) is 56.2 Å². The van der Waals surface area contributed by atoms with Crippen molar-refractivity contribution in [1.82, 2.24) is 0 Å². The van der Waals surface area contributed by atoms with Gasteiger partial charge in [0.25, 0.3) is 0 Å². The first kappa shape index (κ1) is 20.1. The third-order valence-electron chi connectivity index (χ3n) is 3.61. The number of carbonyl (C=O) groups excluding carboxylic acids is 1. The lowest BCUT2D eigenvalue weighted by atomic mass is 10.1. The first-order valence-corrected chi connectivity index (χ1v) is 9.30. The Morgan fingerprint density at radius 3 is 2.50 bits per heavy atom. The van der Waals surface area contributed by atoms with E-state index in [9.17, 15) is 4.79 Å². The number of benzene rings is 2. The Bertz CT molecular complexity index is 745. The first-order chi connectivity index (χ1) is 12.3. The van der Waals surface area contributed by atoms with Crippen LogP contribution in [0.1, 0.15) is 39.7 Å². The molecule has 0 aliphatic carbocycles. The van der Waals surface area contributed by atoms with Crippen LogP contribution in [0.25, 0.3) is 0 Å². The number of carbonyl (C=O) groups is 1. The highest BCUT2D eigenvalue weighted by molar-refractivity contribution is 6.30. The highest BCUT2D eigenvalue weighted by Gasteiger charge is 2.08. The van der Waals surface area contributed by atoms with E-state index in [1.54, 1.807) is 0 Å². The number of halogens is 1. The number of hydrogen-bond acceptors (Lipinski definition) is 3. The third-order valence-corrected chi connectivity index (χ3v) is 3.84.